The lowest BCUT2D eigenvalue weighted by Crippen LogP contribution is -2.19. The van der Waals surface area contributed by atoms with Crippen molar-refractivity contribution in [1.29, 1.82) is 0 Å². The van der Waals surface area contributed by atoms with Gasteiger partial charge >= 0.3 is 0 Å². The van der Waals surface area contributed by atoms with Crippen LogP contribution in [0.5, 0.6) is 0 Å². The molecule has 2 rings (SSSR count). The van der Waals surface area contributed by atoms with Crippen LogP contribution in [0.3, 0.4) is 0 Å². The minimum absolute atomic E-state index is 0.173. The smallest absolute Gasteiger partial charge is 0.123 e. The number of aryl methyl sites for hydroxylation is 2. The zero-order valence-corrected chi connectivity index (χ0v) is 11.7. The summed E-state index contributed by atoms with van der Waals surface area (Å²) in [7, 11) is 0. The van der Waals surface area contributed by atoms with E-state index in [0.717, 1.165) is 17.7 Å². The van der Waals surface area contributed by atoms with Crippen molar-refractivity contribution in [2.24, 2.45) is 0 Å². The zero-order chi connectivity index (χ0) is 13.8. The highest BCUT2D eigenvalue weighted by atomic mass is 19.1. The fourth-order valence-electron chi connectivity index (χ4n) is 2.30. The van der Waals surface area contributed by atoms with Crippen LogP contribution in [0.4, 0.5) is 4.39 Å². The number of halogens is 1. The Bertz CT molecular complexity index is 563. The van der Waals surface area contributed by atoms with E-state index < -0.39 is 0 Å². The van der Waals surface area contributed by atoms with Gasteiger partial charge in [0.05, 0.1) is 0 Å². The van der Waals surface area contributed by atoms with Crippen molar-refractivity contribution in [3.63, 3.8) is 0 Å². The largest absolute Gasteiger partial charge is 0.306 e. The van der Waals surface area contributed by atoms with Gasteiger partial charge in [0.1, 0.15) is 5.82 Å². The third-order valence-electron chi connectivity index (χ3n) is 3.56. The second kappa shape index (κ2) is 5.98. The lowest BCUT2D eigenvalue weighted by Gasteiger charge is -2.17. The molecule has 0 spiro atoms. The Labute approximate surface area is 114 Å². The molecule has 0 aliphatic heterocycles. The maximum atomic E-state index is 13.0. The first-order valence-electron chi connectivity index (χ1n) is 6.62. The van der Waals surface area contributed by atoms with E-state index in [-0.39, 0.29) is 11.9 Å². The molecule has 19 heavy (non-hydrogen) atoms. The summed E-state index contributed by atoms with van der Waals surface area (Å²) < 4.78 is 13.0. The van der Waals surface area contributed by atoms with Crippen molar-refractivity contribution < 1.29 is 4.39 Å². The predicted octanol–water partition coefficient (Wildman–Crippen LogP) is 4.29. The highest BCUT2D eigenvalue weighted by molar-refractivity contribution is 5.29. The molecule has 0 aromatic heterocycles. The summed E-state index contributed by atoms with van der Waals surface area (Å²) in [5, 5.41) is 3.49. The van der Waals surface area contributed by atoms with Gasteiger partial charge in [-0.15, -0.1) is 0 Å². The number of rotatable bonds is 4. The van der Waals surface area contributed by atoms with E-state index in [9.17, 15) is 4.39 Å². The van der Waals surface area contributed by atoms with Gasteiger partial charge in [0.15, 0.2) is 0 Å². The molecular weight excluding hydrogens is 237 g/mol. The first-order valence-corrected chi connectivity index (χ1v) is 6.62. The van der Waals surface area contributed by atoms with Crippen molar-refractivity contribution in [1.82, 2.24) is 5.32 Å². The van der Waals surface area contributed by atoms with Crippen LogP contribution in [0.25, 0.3) is 0 Å². The molecule has 1 nitrogen and oxygen atoms in total. The third-order valence-corrected chi connectivity index (χ3v) is 3.56. The molecule has 0 saturated heterocycles. The molecule has 0 heterocycles. The van der Waals surface area contributed by atoms with Crippen LogP contribution in [-0.2, 0) is 6.54 Å². The van der Waals surface area contributed by atoms with Gasteiger partial charge in [-0.25, -0.2) is 4.39 Å². The van der Waals surface area contributed by atoms with Gasteiger partial charge in [0.2, 0.25) is 0 Å². The molecule has 0 radical (unpaired) electrons. The molecule has 0 amide bonds. The molecule has 1 N–H and O–H groups in total. The molecule has 2 aromatic carbocycles. The number of benzene rings is 2. The van der Waals surface area contributed by atoms with E-state index in [0.29, 0.717) is 0 Å². The Kier molecular flexibility index (Phi) is 4.33. The minimum Gasteiger partial charge on any atom is -0.306 e. The second-order valence-electron chi connectivity index (χ2n) is 5.03. The van der Waals surface area contributed by atoms with E-state index in [1.54, 1.807) is 6.07 Å². The Morgan fingerprint density at radius 2 is 1.79 bits per heavy atom. The summed E-state index contributed by atoms with van der Waals surface area (Å²) in [5.74, 6) is -0.173. The first-order chi connectivity index (χ1) is 9.08. The van der Waals surface area contributed by atoms with Gasteiger partial charge < -0.3 is 5.32 Å². The van der Waals surface area contributed by atoms with Crippen LogP contribution >= 0.6 is 0 Å². The topological polar surface area (TPSA) is 12.0 Å². The summed E-state index contributed by atoms with van der Waals surface area (Å²) in [4.78, 5) is 0. The molecule has 0 aliphatic rings. The summed E-state index contributed by atoms with van der Waals surface area (Å²) in [6, 6.07) is 13.6. The fourth-order valence-corrected chi connectivity index (χ4v) is 2.30. The maximum absolute atomic E-state index is 13.0. The second-order valence-corrected chi connectivity index (χ2v) is 5.03. The van der Waals surface area contributed by atoms with Crippen molar-refractivity contribution in [3.05, 3.63) is 70.5 Å². The molecule has 0 saturated carbocycles. The molecule has 0 bridgehead atoms. The standard InChI is InChI=1S/C17H20FN/c1-12-6-4-5-7-17(12)14(3)19-11-15-8-9-16(18)10-13(15)2/h4-10,14,19H,11H2,1-3H3/t14-/m1/s1. The Balaban J connectivity index is 2.04. The van der Waals surface area contributed by atoms with Gasteiger partial charge in [0.25, 0.3) is 0 Å². The maximum Gasteiger partial charge on any atom is 0.123 e. The number of hydrogen-bond acceptors (Lipinski definition) is 1. The van der Waals surface area contributed by atoms with Crippen molar-refractivity contribution in [2.45, 2.75) is 33.4 Å². The molecular formula is C17H20FN. The number of nitrogens with one attached hydrogen (secondary N) is 1. The summed E-state index contributed by atoms with van der Waals surface area (Å²) in [5.41, 5.74) is 4.73. The van der Waals surface area contributed by atoms with E-state index in [2.05, 4.69) is 43.4 Å². The monoisotopic (exact) mass is 257 g/mol. The Hall–Kier alpha value is -1.67. The van der Waals surface area contributed by atoms with Crippen LogP contribution in [0.15, 0.2) is 42.5 Å². The highest BCUT2D eigenvalue weighted by Gasteiger charge is 2.08. The summed E-state index contributed by atoms with van der Waals surface area (Å²) in [6.45, 7) is 6.97. The quantitative estimate of drug-likeness (QED) is 0.861. The van der Waals surface area contributed by atoms with Gasteiger partial charge in [-0.3, -0.25) is 0 Å². The van der Waals surface area contributed by atoms with Crippen LogP contribution in [0, 0.1) is 19.7 Å². The zero-order valence-electron chi connectivity index (χ0n) is 11.7. The Morgan fingerprint density at radius 3 is 2.47 bits per heavy atom. The summed E-state index contributed by atoms with van der Waals surface area (Å²) >= 11 is 0. The lowest BCUT2D eigenvalue weighted by molar-refractivity contribution is 0.569. The summed E-state index contributed by atoms with van der Waals surface area (Å²) in [6.07, 6.45) is 0. The SMILES string of the molecule is Cc1cc(F)ccc1CN[C@H](C)c1ccccc1C. The van der Waals surface area contributed by atoms with E-state index in [4.69, 9.17) is 0 Å². The highest BCUT2D eigenvalue weighted by Crippen LogP contribution is 2.18. The van der Waals surface area contributed by atoms with Gasteiger partial charge in [0, 0.05) is 12.6 Å². The Morgan fingerprint density at radius 1 is 1.05 bits per heavy atom. The molecule has 0 fully saturated rings. The fraction of sp³-hybridized carbons (Fsp3) is 0.294. The average Bonchev–Trinajstić information content (AvgIpc) is 2.38. The van der Waals surface area contributed by atoms with Gasteiger partial charge in [-0.2, -0.15) is 0 Å². The van der Waals surface area contributed by atoms with Gasteiger partial charge in [-0.1, -0.05) is 30.3 Å². The lowest BCUT2D eigenvalue weighted by atomic mass is 10.0. The third kappa shape index (κ3) is 3.42. The predicted molar refractivity (Wildman–Crippen MR) is 77.6 cm³/mol. The molecule has 2 heteroatoms. The molecule has 2 aromatic rings. The van der Waals surface area contributed by atoms with Crippen LogP contribution in [-0.4, -0.2) is 0 Å². The van der Waals surface area contributed by atoms with E-state index >= 15 is 0 Å². The van der Waals surface area contributed by atoms with Gasteiger partial charge in [-0.05, 0) is 55.2 Å². The van der Waals surface area contributed by atoms with Crippen molar-refractivity contribution >= 4 is 0 Å². The van der Waals surface area contributed by atoms with E-state index in [1.165, 1.54) is 17.2 Å². The van der Waals surface area contributed by atoms with Crippen LogP contribution in [0.2, 0.25) is 0 Å². The van der Waals surface area contributed by atoms with E-state index in [1.807, 2.05) is 13.0 Å². The van der Waals surface area contributed by atoms with Crippen molar-refractivity contribution in [3.8, 4) is 0 Å². The minimum atomic E-state index is -0.173. The molecule has 0 aliphatic carbocycles. The van der Waals surface area contributed by atoms with Crippen LogP contribution < -0.4 is 5.32 Å². The molecule has 1 atom stereocenters. The molecule has 0 unspecified atom stereocenters. The average molecular weight is 257 g/mol. The first kappa shape index (κ1) is 13.8. The molecule has 100 valence electrons. The number of hydrogen-bond donors (Lipinski definition) is 1. The van der Waals surface area contributed by atoms with Crippen LogP contribution in [0.1, 0.15) is 35.2 Å². The van der Waals surface area contributed by atoms with Crippen molar-refractivity contribution in [2.75, 3.05) is 0 Å². The normalized spacial score (nSPS) is 12.4.